The SMILES string of the molecule is O=C1c2ccccc2SC2(C(=O)Nc3ccccc32)N1c1ccccc1. The molecule has 0 fully saturated rings. The first-order valence-electron chi connectivity index (χ1n) is 8.30. The van der Waals surface area contributed by atoms with Crippen molar-refractivity contribution in [2.75, 3.05) is 10.2 Å². The number of thioether (sulfide) groups is 1. The Hall–Kier alpha value is -3.05. The van der Waals surface area contributed by atoms with Crippen LogP contribution in [-0.2, 0) is 9.67 Å². The summed E-state index contributed by atoms with van der Waals surface area (Å²) >= 11 is 1.42. The van der Waals surface area contributed by atoms with Crippen LogP contribution in [0.15, 0.2) is 83.8 Å². The summed E-state index contributed by atoms with van der Waals surface area (Å²) in [6.07, 6.45) is 0. The normalized spacial score (nSPS) is 20.7. The van der Waals surface area contributed by atoms with Gasteiger partial charge in [0.25, 0.3) is 11.8 Å². The molecule has 1 unspecified atom stereocenters. The van der Waals surface area contributed by atoms with Gasteiger partial charge < -0.3 is 5.32 Å². The Morgan fingerprint density at radius 2 is 1.50 bits per heavy atom. The molecule has 1 N–H and O–H groups in total. The summed E-state index contributed by atoms with van der Waals surface area (Å²) < 4.78 is 0. The highest BCUT2D eigenvalue weighted by Gasteiger charge is 2.57. The number of rotatable bonds is 1. The molecule has 0 aliphatic carbocycles. The molecule has 0 bridgehead atoms. The molecule has 126 valence electrons. The lowest BCUT2D eigenvalue weighted by Crippen LogP contribution is -2.54. The number of para-hydroxylation sites is 2. The molecule has 0 aromatic heterocycles. The van der Waals surface area contributed by atoms with E-state index in [4.69, 9.17) is 0 Å². The maximum atomic E-state index is 13.5. The number of hydrogen-bond acceptors (Lipinski definition) is 3. The number of nitrogens with zero attached hydrogens (tertiary/aromatic N) is 1. The van der Waals surface area contributed by atoms with E-state index in [0.717, 1.165) is 16.1 Å². The molecule has 1 spiro atoms. The topological polar surface area (TPSA) is 49.4 Å². The molecule has 0 radical (unpaired) electrons. The van der Waals surface area contributed by atoms with E-state index in [-0.39, 0.29) is 11.8 Å². The number of carbonyl (C=O) groups excluding carboxylic acids is 2. The lowest BCUT2D eigenvalue weighted by molar-refractivity contribution is -0.118. The third-order valence-electron chi connectivity index (χ3n) is 4.76. The fourth-order valence-electron chi connectivity index (χ4n) is 3.62. The highest BCUT2D eigenvalue weighted by molar-refractivity contribution is 8.01. The number of anilines is 2. The Bertz CT molecular complexity index is 1050. The predicted octanol–water partition coefficient (Wildman–Crippen LogP) is 4.24. The largest absolute Gasteiger partial charge is 0.323 e. The number of carbonyl (C=O) groups is 2. The van der Waals surface area contributed by atoms with E-state index in [1.807, 2.05) is 78.9 Å². The Kier molecular flexibility index (Phi) is 3.21. The van der Waals surface area contributed by atoms with Crippen molar-refractivity contribution in [1.82, 2.24) is 0 Å². The summed E-state index contributed by atoms with van der Waals surface area (Å²) in [5, 5.41) is 2.96. The van der Waals surface area contributed by atoms with Crippen LogP contribution in [0.3, 0.4) is 0 Å². The lowest BCUT2D eigenvalue weighted by atomic mass is 10.0. The Labute approximate surface area is 154 Å². The van der Waals surface area contributed by atoms with Gasteiger partial charge in [0.05, 0.1) is 5.56 Å². The third-order valence-corrected chi connectivity index (χ3v) is 6.21. The molecule has 5 rings (SSSR count). The summed E-state index contributed by atoms with van der Waals surface area (Å²) in [5.74, 6) is -0.368. The zero-order chi connectivity index (χ0) is 17.7. The number of amides is 2. The summed E-state index contributed by atoms with van der Waals surface area (Å²) in [6.45, 7) is 0. The molecule has 3 aromatic rings. The van der Waals surface area contributed by atoms with E-state index < -0.39 is 4.87 Å². The van der Waals surface area contributed by atoms with Gasteiger partial charge in [0.15, 0.2) is 0 Å². The van der Waals surface area contributed by atoms with Crippen molar-refractivity contribution in [3.05, 3.63) is 90.0 Å². The van der Waals surface area contributed by atoms with Gasteiger partial charge in [-0.2, -0.15) is 0 Å². The molecule has 2 aliphatic rings. The Morgan fingerprint density at radius 3 is 2.35 bits per heavy atom. The molecular weight excluding hydrogens is 344 g/mol. The van der Waals surface area contributed by atoms with Crippen molar-refractivity contribution in [2.45, 2.75) is 9.77 Å². The molecular formula is C21H14N2O2S. The second kappa shape index (κ2) is 5.47. The van der Waals surface area contributed by atoms with Gasteiger partial charge in [0.2, 0.25) is 4.87 Å². The third kappa shape index (κ3) is 1.92. The van der Waals surface area contributed by atoms with Gasteiger partial charge >= 0.3 is 0 Å². The maximum Gasteiger partial charge on any atom is 0.266 e. The van der Waals surface area contributed by atoms with E-state index in [1.54, 1.807) is 4.90 Å². The van der Waals surface area contributed by atoms with Gasteiger partial charge in [-0.1, -0.05) is 60.3 Å². The van der Waals surface area contributed by atoms with E-state index in [9.17, 15) is 9.59 Å². The molecule has 2 aliphatic heterocycles. The van der Waals surface area contributed by atoms with Crippen molar-refractivity contribution in [3.8, 4) is 0 Å². The van der Waals surface area contributed by atoms with Crippen LogP contribution in [0.2, 0.25) is 0 Å². The van der Waals surface area contributed by atoms with Gasteiger partial charge in [-0.05, 0) is 30.3 Å². The monoisotopic (exact) mass is 358 g/mol. The van der Waals surface area contributed by atoms with Crippen LogP contribution in [0.4, 0.5) is 11.4 Å². The highest BCUT2D eigenvalue weighted by atomic mass is 32.2. The molecule has 4 nitrogen and oxygen atoms in total. The van der Waals surface area contributed by atoms with Gasteiger partial charge in [-0.3, -0.25) is 14.5 Å². The fourth-order valence-corrected chi connectivity index (χ4v) is 5.06. The smallest absolute Gasteiger partial charge is 0.266 e. The molecule has 0 saturated carbocycles. The first-order chi connectivity index (χ1) is 12.7. The van der Waals surface area contributed by atoms with Gasteiger partial charge in [0, 0.05) is 21.8 Å². The minimum atomic E-state index is -1.15. The van der Waals surface area contributed by atoms with Crippen molar-refractivity contribution >= 4 is 35.0 Å². The first-order valence-corrected chi connectivity index (χ1v) is 9.12. The lowest BCUT2D eigenvalue weighted by Gasteiger charge is -2.42. The minimum Gasteiger partial charge on any atom is -0.323 e. The van der Waals surface area contributed by atoms with Crippen molar-refractivity contribution in [2.24, 2.45) is 0 Å². The van der Waals surface area contributed by atoms with Gasteiger partial charge in [-0.25, -0.2) is 0 Å². The number of fused-ring (bicyclic) bond motifs is 3. The van der Waals surface area contributed by atoms with Crippen LogP contribution >= 0.6 is 11.8 Å². The van der Waals surface area contributed by atoms with Crippen LogP contribution in [0, 0.1) is 0 Å². The van der Waals surface area contributed by atoms with Crippen molar-refractivity contribution in [3.63, 3.8) is 0 Å². The van der Waals surface area contributed by atoms with Crippen LogP contribution in [0.1, 0.15) is 15.9 Å². The zero-order valence-corrected chi connectivity index (χ0v) is 14.5. The molecule has 3 aromatic carbocycles. The molecule has 26 heavy (non-hydrogen) atoms. The Morgan fingerprint density at radius 1 is 0.808 bits per heavy atom. The second-order valence-corrected chi connectivity index (χ2v) is 7.45. The maximum absolute atomic E-state index is 13.5. The van der Waals surface area contributed by atoms with E-state index in [0.29, 0.717) is 11.3 Å². The average Bonchev–Trinajstić information content (AvgIpc) is 2.95. The predicted molar refractivity (Wildman–Crippen MR) is 102 cm³/mol. The highest BCUT2D eigenvalue weighted by Crippen LogP contribution is 2.56. The number of hydrogen-bond donors (Lipinski definition) is 1. The fraction of sp³-hybridized carbons (Fsp3) is 0.0476. The van der Waals surface area contributed by atoms with Gasteiger partial charge in [0.1, 0.15) is 0 Å². The van der Waals surface area contributed by atoms with E-state index in [1.165, 1.54) is 11.8 Å². The van der Waals surface area contributed by atoms with Crippen molar-refractivity contribution < 1.29 is 9.59 Å². The number of nitrogens with one attached hydrogen (secondary N) is 1. The first kappa shape index (κ1) is 15.2. The van der Waals surface area contributed by atoms with E-state index in [2.05, 4.69) is 5.32 Å². The van der Waals surface area contributed by atoms with Crippen LogP contribution < -0.4 is 10.2 Å². The second-order valence-electron chi connectivity index (χ2n) is 6.22. The Balaban J connectivity index is 1.83. The quantitative estimate of drug-likeness (QED) is 0.708. The summed E-state index contributed by atoms with van der Waals surface area (Å²) in [6, 6.07) is 24.4. The van der Waals surface area contributed by atoms with E-state index >= 15 is 0 Å². The van der Waals surface area contributed by atoms with Crippen molar-refractivity contribution in [1.29, 1.82) is 0 Å². The molecule has 1 atom stereocenters. The van der Waals surface area contributed by atoms with Crippen LogP contribution in [0.25, 0.3) is 0 Å². The average molecular weight is 358 g/mol. The van der Waals surface area contributed by atoms with Crippen LogP contribution in [-0.4, -0.2) is 11.8 Å². The number of benzene rings is 3. The molecule has 5 heteroatoms. The molecule has 2 heterocycles. The standard InChI is InChI=1S/C21H14N2O2S/c24-19-15-10-4-7-13-18(15)26-21(23(19)14-8-2-1-3-9-14)16-11-5-6-12-17(16)22-20(21)25/h1-13H,(H,22,25). The zero-order valence-electron chi connectivity index (χ0n) is 13.7. The summed E-state index contributed by atoms with van der Waals surface area (Å²) in [4.78, 5) is 28.0. The molecule has 2 amide bonds. The summed E-state index contributed by atoms with van der Waals surface area (Å²) in [5.41, 5.74) is 2.87. The minimum absolute atomic E-state index is 0.169. The molecule has 0 saturated heterocycles. The van der Waals surface area contributed by atoms with Crippen LogP contribution in [0.5, 0.6) is 0 Å². The van der Waals surface area contributed by atoms with Gasteiger partial charge in [-0.15, -0.1) is 0 Å². The summed E-state index contributed by atoms with van der Waals surface area (Å²) in [7, 11) is 0.